The first-order valence-electron chi connectivity index (χ1n) is 10.3. The van der Waals surface area contributed by atoms with Gasteiger partial charge in [0.15, 0.2) is 5.78 Å². The predicted molar refractivity (Wildman–Crippen MR) is 101 cm³/mol. The highest BCUT2D eigenvalue weighted by Gasteiger charge is 2.39. The fourth-order valence-corrected chi connectivity index (χ4v) is 4.03. The summed E-state index contributed by atoms with van der Waals surface area (Å²) < 4.78 is 0. The van der Waals surface area contributed by atoms with Crippen LogP contribution in [0.4, 0.5) is 0 Å². The van der Waals surface area contributed by atoms with Crippen molar-refractivity contribution in [2.45, 2.75) is 90.4 Å². The molecule has 1 aliphatic carbocycles. The number of rotatable bonds is 9. The summed E-state index contributed by atoms with van der Waals surface area (Å²) in [7, 11) is 0. The average Bonchev–Trinajstić information content (AvgIpc) is 2.94. The number of hydrogen-bond acceptors (Lipinski definition) is 4. The zero-order valence-electron chi connectivity index (χ0n) is 16.1. The van der Waals surface area contributed by atoms with Crippen LogP contribution in [0.1, 0.15) is 90.4 Å². The Hall–Kier alpha value is -1.65. The molecule has 0 aromatic heterocycles. The lowest BCUT2D eigenvalue weighted by atomic mass is 9.85. The standard InChI is InChI=1S/C21H33NO4/c1-2-3-4-8-14-19(25)22-15-18(24)20(21(22)26)17(23)13-9-12-16-10-6-5-7-11-16/h16,23H,2-15H2,1H3/b20-17-. The molecule has 0 aromatic carbocycles. The lowest BCUT2D eigenvalue weighted by Crippen LogP contribution is -2.32. The van der Waals surface area contributed by atoms with E-state index in [-0.39, 0.29) is 30.2 Å². The molecule has 2 fully saturated rings. The first kappa shape index (κ1) is 20.7. The first-order valence-corrected chi connectivity index (χ1v) is 10.3. The van der Waals surface area contributed by atoms with Crippen LogP contribution in [0.2, 0.25) is 0 Å². The van der Waals surface area contributed by atoms with Crippen LogP contribution in [0.25, 0.3) is 0 Å². The fourth-order valence-electron chi connectivity index (χ4n) is 4.03. The topological polar surface area (TPSA) is 74.7 Å². The maximum atomic E-state index is 12.4. The zero-order chi connectivity index (χ0) is 18.9. The van der Waals surface area contributed by atoms with E-state index in [0.717, 1.165) is 43.4 Å². The molecule has 2 rings (SSSR count). The number of aliphatic hydroxyl groups excluding tert-OH is 1. The summed E-state index contributed by atoms with van der Waals surface area (Å²) in [5.41, 5.74) is -0.157. The van der Waals surface area contributed by atoms with Gasteiger partial charge in [0.05, 0.1) is 6.54 Å². The molecule has 1 saturated heterocycles. The van der Waals surface area contributed by atoms with E-state index in [2.05, 4.69) is 6.92 Å². The van der Waals surface area contributed by atoms with Crippen LogP contribution in [0.15, 0.2) is 11.3 Å². The number of carbonyl (C=O) groups excluding carboxylic acids is 3. The number of Topliss-reactive ketones (excluding diaryl/α,β-unsaturated/α-hetero) is 1. The van der Waals surface area contributed by atoms with E-state index in [9.17, 15) is 19.5 Å². The summed E-state index contributed by atoms with van der Waals surface area (Å²) in [6, 6.07) is 0. The molecule has 5 nitrogen and oxygen atoms in total. The Labute approximate surface area is 156 Å². The molecule has 1 saturated carbocycles. The van der Waals surface area contributed by atoms with Crippen molar-refractivity contribution in [3.8, 4) is 0 Å². The van der Waals surface area contributed by atoms with Crippen LogP contribution in [-0.2, 0) is 14.4 Å². The molecule has 0 atom stereocenters. The van der Waals surface area contributed by atoms with E-state index in [1.54, 1.807) is 0 Å². The smallest absolute Gasteiger partial charge is 0.268 e. The third-order valence-corrected chi connectivity index (χ3v) is 5.62. The van der Waals surface area contributed by atoms with E-state index in [1.165, 1.54) is 32.1 Å². The van der Waals surface area contributed by atoms with E-state index < -0.39 is 11.7 Å². The molecule has 26 heavy (non-hydrogen) atoms. The fraction of sp³-hybridized carbons (Fsp3) is 0.762. The summed E-state index contributed by atoms with van der Waals surface area (Å²) in [5.74, 6) is -0.753. The first-order chi connectivity index (χ1) is 12.5. The van der Waals surface area contributed by atoms with E-state index in [4.69, 9.17) is 0 Å². The molecule has 2 aliphatic rings. The molecule has 0 aromatic rings. The van der Waals surface area contributed by atoms with E-state index in [1.807, 2.05) is 0 Å². The van der Waals surface area contributed by atoms with Crippen molar-refractivity contribution in [3.63, 3.8) is 0 Å². The highest BCUT2D eigenvalue weighted by atomic mass is 16.3. The van der Waals surface area contributed by atoms with Crippen LogP contribution in [-0.4, -0.2) is 34.1 Å². The van der Waals surface area contributed by atoms with Gasteiger partial charge in [0.25, 0.3) is 5.91 Å². The minimum Gasteiger partial charge on any atom is -0.511 e. The molecule has 1 heterocycles. The van der Waals surface area contributed by atoms with Crippen LogP contribution in [0, 0.1) is 5.92 Å². The number of carbonyl (C=O) groups is 3. The van der Waals surface area contributed by atoms with E-state index in [0.29, 0.717) is 12.3 Å². The SMILES string of the molecule is CCCCCCC(=O)N1CC(=O)/C(=C(/O)CCCC2CCCCC2)C1=O. The zero-order valence-corrected chi connectivity index (χ0v) is 16.1. The van der Waals surface area contributed by atoms with Crippen LogP contribution in [0.3, 0.4) is 0 Å². The van der Waals surface area contributed by atoms with Crippen LogP contribution < -0.4 is 0 Å². The maximum absolute atomic E-state index is 12.4. The third kappa shape index (κ3) is 5.68. The number of hydrogen-bond donors (Lipinski definition) is 1. The minimum absolute atomic E-state index is 0.128. The van der Waals surface area contributed by atoms with Crippen LogP contribution >= 0.6 is 0 Å². The van der Waals surface area contributed by atoms with Gasteiger partial charge in [0, 0.05) is 12.8 Å². The molecule has 0 bridgehead atoms. The molecule has 0 radical (unpaired) electrons. The molecular weight excluding hydrogens is 330 g/mol. The number of ketones is 1. The second-order valence-electron chi connectivity index (χ2n) is 7.74. The van der Waals surface area contributed by atoms with Crippen molar-refractivity contribution in [1.29, 1.82) is 0 Å². The lowest BCUT2D eigenvalue weighted by molar-refractivity contribution is -0.141. The van der Waals surface area contributed by atoms with E-state index >= 15 is 0 Å². The molecule has 146 valence electrons. The summed E-state index contributed by atoms with van der Waals surface area (Å²) in [6.07, 6.45) is 12.6. The molecule has 0 unspecified atom stereocenters. The second-order valence-corrected chi connectivity index (χ2v) is 7.74. The summed E-state index contributed by atoms with van der Waals surface area (Å²) in [4.78, 5) is 37.8. The number of amides is 2. The van der Waals surface area contributed by atoms with Crippen molar-refractivity contribution < 1.29 is 19.5 Å². The van der Waals surface area contributed by atoms with Crippen molar-refractivity contribution >= 4 is 17.6 Å². The van der Waals surface area contributed by atoms with Crippen molar-refractivity contribution in [1.82, 2.24) is 4.90 Å². The van der Waals surface area contributed by atoms with Gasteiger partial charge in [0.2, 0.25) is 5.91 Å². The Balaban J connectivity index is 1.85. The van der Waals surface area contributed by atoms with Gasteiger partial charge in [-0.2, -0.15) is 0 Å². The van der Waals surface area contributed by atoms with Crippen molar-refractivity contribution in [3.05, 3.63) is 11.3 Å². The highest BCUT2D eigenvalue weighted by Crippen LogP contribution is 2.29. The van der Waals surface area contributed by atoms with Gasteiger partial charge >= 0.3 is 0 Å². The summed E-state index contributed by atoms with van der Waals surface area (Å²) >= 11 is 0. The molecule has 1 N–H and O–H groups in total. The third-order valence-electron chi connectivity index (χ3n) is 5.62. The van der Waals surface area contributed by atoms with Crippen molar-refractivity contribution in [2.75, 3.05) is 6.54 Å². The maximum Gasteiger partial charge on any atom is 0.268 e. The number of imide groups is 1. The number of nitrogens with zero attached hydrogens (tertiary/aromatic N) is 1. The second kappa shape index (κ2) is 10.5. The largest absolute Gasteiger partial charge is 0.511 e. The Morgan fingerprint density at radius 3 is 2.46 bits per heavy atom. The van der Waals surface area contributed by atoms with Gasteiger partial charge in [-0.1, -0.05) is 64.7 Å². The molecule has 2 amide bonds. The van der Waals surface area contributed by atoms with Crippen molar-refractivity contribution in [2.24, 2.45) is 5.92 Å². The van der Waals surface area contributed by atoms with Gasteiger partial charge in [-0.15, -0.1) is 0 Å². The number of allylic oxidation sites excluding steroid dienone is 1. The highest BCUT2D eigenvalue weighted by molar-refractivity contribution is 6.29. The number of likely N-dealkylation sites (tertiary alicyclic amines) is 1. The van der Waals surface area contributed by atoms with Gasteiger partial charge in [0.1, 0.15) is 11.3 Å². The molecule has 0 spiro atoms. The number of aliphatic hydroxyl groups is 1. The Morgan fingerprint density at radius 1 is 1.04 bits per heavy atom. The van der Waals surface area contributed by atoms with Gasteiger partial charge in [-0.25, -0.2) is 0 Å². The van der Waals surface area contributed by atoms with Crippen LogP contribution in [0.5, 0.6) is 0 Å². The Bertz CT molecular complexity index is 546. The van der Waals surface area contributed by atoms with Gasteiger partial charge in [-0.3, -0.25) is 19.3 Å². The lowest BCUT2D eigenvalue weighted by Gasteiger charge is -2.21. The quantitative estimate of drug-likeness (QED) is 0.284. The predicted octanol–water partition coefficient (Wildman–Crippen LogP) is 4.46. The van der Waals surface area contributed by atoms with Gasteiger partial charge in [-0.05, 0) is 18.8 Å². The summed E-state index contributed by atoms with van der Waals surface area (Å²) in [5, 5.41) is 10.3. The molecule has 5 heteroatoms. The van der Waals surface area contributed by atoms with Gasteiger partial charge < -0.3 is 5.11 Å². The Kier molecular flexibility index (Phi) is 8.33. The summed E-state index contributed by atoms with van der Waals surface area (Å²) in [6.45, 7) is 1.88. The molecular formula is C21H33NO4. The minimum atomic E-state index is -0.606. The number of unbranched alkanes of at least 4 members (excludes halogenated alkanes) is 3. The molecule has 1 aliphatic heterocycles. The average molecular weight is 363 g/mol. The Morgan fingerprint density at radius 2 is 1.77 bits per heavy atom. The monoisotopic (exact) mass is 363 g/mol. The normalized spacial score (nSPS) is 20.7.